The quantitative estimate of drug-likeness (QED) is 0.190. The normalized spacial score (nSPS) is 17.6. The first-order valence-electron chi connectivity index (χ1n) is 10.2. The number of piperidine rings is 1. The summed E-state index contributed by atoms with van der Waals surface area (Å²) in [5, 5.41) is 0. The number of aldehydes is 1. The fourth-order valence-corrected chi connectivity index (χ4v) is 3.64. The molecule has 1 aromatic rings. The average molecular weight is 547 g/mol. The van der Waals surface area contributed by atoms with Crippen LogP contribution in [0, 0.1) is 0 Å². The Morgan fingerprint density at radius 3 is 1.61 bits per heavy atom. The summed E-state index contributed by atoms with van der Waals surface area (Å²) in [6.45, 7) is -1.07. The van der Waals surface area contributed by atoms with E-state index in [9.17, 15) is 53.1 Å². The second-order valence-electron chi connectivity index (χ2n) is 8.07. The predicted octanol–water partition coefficient (Wildman–Crippen LogP) is 6.91. The van der Waals surface area contributed by atoms with Crippen molar-refractivity contribution in [3.05, 3.63) is 47.2 Å². The van der Waals surface area contributed by atoms with Crippen LogP contribution in [0.4, 0.5) is 57.1 Å². The van der Waals surface area contributed by atoms with Crippen LogP contribution in [0.15, 0.2) is 41.6 Å². The van der Waals surface area contributed by atoms with E-state index in [0.29, 0.717) is 11.3 Å². The molecule has 1 aliphatic heterocycles. The van der Waals surface area contributed by atoms with Gasteiger partial charge in [0, 0.05) is 25.1 Å². The number of carbonyl (C=O) groups excluding carboxylic acids is 1. The van der Waals surface area contributed by atoms with Crippen molar-refractivity contribution in [3.63, 3.8) is 0 Å². The number of alkyl halides is 13. The van der Waals surface area contributed by atoms with Gasteiger partial charge in [-0.1, -0.05) is 30.3 Å². The van der Waals surface area contributed by atoms with Crippen LogP contribution in [-0.4, -0.2) is 60.1 Å². The van der Waals surface area contributed by atoms with Crippen LogP contribution >= 0.6 is 0 Å². The summed E-state index contributed by atoms with van der Waals surface area (Å²) in [4.78, 5) is 12.0. The Labute approximate surface area is 195 Å². The molecular formula is C21H18F13NO. The molecule has 1 aromatic carbocycles. The van der Waals surface area contributed by atoms with Crippen molar-refractivity contribution in [1.29, 1.82) is 0 Å². The van der Waals surface area contributed by atoms with Crippen LogP contribution in [0.5, 0.6) is 0 Å². The maximum atomic E-state index is 15.2. The highest BCUT2D eigenvalue weighted by Crippen LogP contribution is 2.61. The Morgan fingerprint density at radius 1 is 0.694 bits per heavy atom. The number of benzene rings is 1. The van der Waals surface area contributed by atoms with E-state index in [2.05, 4.69) is 0 Å². The molecule has 0 spiro atoms. The molecule has 2 rings (SSSR count). The smallest absolute Gasteiger partial charge is 0.369 e. The molecule has 0 unspecified atom stereocenters. The van der Waals surface area contributed by atoms with Gasteiger partial charge in [0.25, 0.3) is 0 Å². The highest BCUT2D eigenvalue weighted by Gasteiger charge is 2.91. The maximum absolute atomic E-state index is 15.2. The molecule has 0 aromatic heterocycles. The second kappa shape index (κ2) is 9.77. The predicted molar refractivity (Wildman–Crippen MR) is 99.5 cm³/mol. The SMILES string of the molecule is O=C/C(Cc1ccccc1)=C(/N1CCCCC1)C(F)(F)C(F)(F)C(F)(F)C(F)(F)C(F)(F)C(F)(F)F. The van der Waals surface area contributed by atoms with Gasteiger partial charge >= 0.3 is 35.8 Å². The zero-order valence-corrected chi connectivity index (χ0v) is 18.0. The Balaban J connectivity index is 2.74. The summed E-state index contributed by atoms with van der Waals surface area (Å²) in [6, 6.07) is 6.55. The van der Waals surface area contributed by atoms with Gasteiger partial charge in [0.15, 0.2) is 0 Å². The van der Waals surface area contributed by atoms with Crippen molar-refractivity contribution in [1.82, 2.24) is 4.90 Å². The minimum absolute atomic E-state index is 0.0152. The number of carbonyl (C=O) groups is 1. The van der Waals surface area contributed by atoms with Crippen molar-refractivity contribution in [2.45, 2.75) is 61.5 Å². The van der Waals surface area contributed by atoms with Gasteiger partial charge in [-0.2, -0.15) is 57.1 Å². The van der Waals surface area contributed by atoms with Gasteiger partial charge in [-0.15, -0.1) is 0 Å². The average Bonchev–Trinajstić information content (AvgIpc) is 2.78. The van der Waals surface area contributed by atoms with E-state index in [1.165, 1.54) is 30.3 Å². The zero-order valence-electron chi connectivity index (χ0n) is 18.0. The lowest BCUT2D eigenvalue weighted by atomic mass is 9.89. The topological polar surface area (TPSA) is 20.3 Å². The van der Waals surface area contributed by atoms with Crippen LogP contribution in [-0.2, 0) is 11.2 Å². The molecule has 1 saturated heterocycles. The van der Waals surface area contributed by atoms with E-state index in [0.717, 1.165) is 0 Å². The van der Waals surface area contributed by atoms with E-state index in [1.54, 1.807) is 0 Å². The van der Waals surface area contributed by atoms with Crippen LogP contribution in [0.2, 0.25) is 0 Å². The van der Waals surface area contributed by atoms with Gasteiger partial charge < -0.3 is 4.90 Å². The van der Waals surface area contributed by atoms with Gasteiger partial charge in [-0.25, -0.2) is 0 Å². The molecule has 0 bridgehead atoms. The van der Waals surface area contributed by atoms with Crippen molar-refractivity contribution in [2.24, 2.45) is 0 Å². The summed E-state index contributed by atoms with van der Waals surface area (Å²) < 4.78 is 179. The van der Waals surface area contributed by atoms with E-state index in [4.69, 9.17) is 0 Å². The Hall–Kier alpha value is -2.48. The van der Waals surface area contributed by atoms with Crippen LogP contribution in [0.3, 0.4) is 0 Å². The molecule has 0 amide bonds. The molecule has 0 N–H and O–H groups in total. The van der Waals surface area contributed by atoms with Crippen LogP contribution in [0.1, 0.15) is 24.8 Å². The highest BCUT2D eigenvalue weighted by molar-refractivity contribution is 5.76. The molecule has 0 atom stereocenters. The molecular weight excluding hydrogens is 529 g/mol. The third-order valence-electron chi connectivity index (χ3n) is 5.59. The van der Waals surface area contributed by atoms with E-state index in [-0.39, 0.29) is 18.4 Å². The molecule has 1 aliphatic rings. The summed E-state index contributed by atoms with van der Waals surface area (Å²) in [6.07, 6.45) is -8.41. The van der Waals surface area contributed by atoms with Crippen LogP contribution in [0.25, 0.3) is 0 Å². The molecule has 0 radical (unpaired) electrons. The third kappa shape index (κ3) is 4.76. The molecule has 1 heterocycles. The molecule has 0 saturated carbocycles. The molecule has 36 heavy (non-hydrogen) atoms. The minimum atomic E-state index is -8.00. The number of allylic oxidation sites excluding steroid dienone is 2. The van der Waals surface area contributed by atoms with Crippen molar-refractivity contribution >= 4 is 6.29 Å². The summed E-state index contributed by atoms with van der Waals surface area (Å²) >= 11 is 0. The molecule has 15 heteroatoms. The lowest BCUT2D eigenvalue weighted by molar-refractivity contribution is -0.437. The first kappa shape index (κ1) is 29.7. The lowest BCUT2D eigenvalue weighted by Gasteiger charge is -2.43. The van der Waals surface area contributed by atoms with E-state index >= 15 is 8.78 Å². The lowest BCUT2D eigenvalue weighted by Crippen LogP contribution is -2.71. The number of hydrogen-bond acceptors (Lipinski definition) is 2. The Bertz CT molecular complexity index is 948. The van der Waals surface area contributed by atoms with Crippen LogP contribution < -0.4 is 0 Å². The van der Waals surface area contributed by atoms with Gasteiger partial charge in [0.1, 0.15) is 6.29 Å². The standard InChI is InChI=1S/C21H18F13NO/c22-16(23,17(24,25)18(26,27)19(28,29)20(30,31)21(32,33)34)15(35-9-5-2-6-10-35)14(12-36)11-13-7-3-1-4-8-13/h1,3-4,7-8,12H,2,5-6,9-11H2/b15-14+. The fraction of sp³-hybridized carbons (Fsp3) is 0.571. The van der Waals surface area contributed by atoms with Gasteiger partial charge in [-0.05, 0) is 24.8 Å². The fourth-order valence-electron chi connectivity index (χ4n) is 3.64. The van der Waals surface area contributed by atoms with Crippen molar-refractivity contribution < 1.29 is 61.9 Å². The van der Waals surface area contributed by atoms with Gasteiger partial charge in [0.2, 0.25) is 0 Å². The summed E-state index contributed by atoms with van der Waals surface area (Å²) in [7, 11) is 0. The van der Waals surface area contributed by atoms with Gasteiger partial charge in [-0.3, -0.25) is 4.79 Å². The maximum Gasteiger partial charge on any atom is 0.460 e. The van der Waals surface area contributed by atoms with Gasteiger partial charge in [0.05, 0.1) is 5.70 Å². The third-order valence-corrected chi connectivity index (χ3v) is 5.59. The molecule has 204 valence electrons. The first-order valence-corrected chi connectivity index (χ1v) is 10.2. The number of nitrogens with zero attached hydrogens (tertiary/aromatic N) is 1. The molecule has 1 fully saturated rings. The number of likely N-dealkylation sites (tertiary alicyclic amines) is 1. The highest BCUT2D eigenvalue weighted by atomic mass is 19.4. The minimum Gasteiger partial charge on any atom is -0.369 e. The van der Waals surface area contributed by atoms with Crippen molar-refractivity contribution in [3.8, 4) is 0 Å². The Morgan fingerprint density at radius 2 is 1.17 bits per heavy atom. The number of hydrogen-bond donors (Lipinski definition) is 0. The monoisotopic (exact) mass is 547 g/mol. The second-order valence-corrected chi connectivity index (χ2v) is 8.07. The largest absolute Gasteiger partial charge is 0.460 e. The Kier molecular flexibility index (Phi) is 8.07. The van der Waals surface area contributed by atoms with E-state index < -0.39 is 72.9 Å². The molecule has 0 aliphatic carbocycles. The zero-order chi connectivity index (χ0) is 27.8. The summed E-state index contributed by atoms with van der Waals surface area (Å²) in [5.41, 5.74) is -3.40. The first-order chi connectivity index (χ1) is 16.3. The number of halogens is 13. The molecule has 2 nitrogen and oxygen atoms in total. The van der Waals surface area contributed by atoms with E-state index in [1.807, 2.05) is 0 Å². The number of rotatable bonds is 9. The summed E-state index contributed by atoms with van der Waals surface area (Å²) in [5.74, 6) is -37.7. The van der Waals surface area contributed by atoms with Crippen molar-refractivity contribution in [2.75, 3.05) is 13.1 Å².